The Kier molecular flexibility index (Phi) is 8.12. The van der Waals surface area contributed by atoms with Gasteiger partial charge in [-0.2, -0.15) is 0 Å². The third-order valence-corrected chi connectivity index (χ3v) is 6.80. The first-order valence-corrected chi connectivity index (χ1v) is 13.2. The molecule has 0 fully saturated rings. The maximum atomic E-state index is 13.1. The van der Waals surface area contributed by atoms with Crippen molar-refractivity contribution in [3.05, 3.63) is 125 Å². The molecule has 202 valence electrons. The van der Waals surface area contributed by atoms with Crippen molar-refractivity contribution in [3.8, 4) is 16.9 Å². The fraction of sp³-hybridized carbons (Fsp3) is 0.156. The smallest absolute Gasteiger partial charge is 0.328 e. The average molecular weight is 554 g/mol. The Morgan fingerprint density at radius 3 is 2.33 bits per heavy atom. The highest BCUT2D eigenvalue weighted by atomic mass is 35.5. The number of nitrogens with zero attached hydrogens (tertiary/aromatic N) is 2. The summed E-state index contributed by atoms with van der Waals surface area (Å²) in [6.07, 6.45) is 3.72. The van der Waals surface area contributed by atoms with Crippen LogP contribution in [0.2, 0.25) is 5.02 Å². The Balaban J connectivity index is 1.25. The molecule has 7 nitrogen and oxygen atoms in total. The molecule has 0 aliphatic carbocycles. The molecule has 0 bridgehead atoms. The molecule has 0 radical (unpaired) electrons. The average Bonchev–Trinajstić information content (AvgIpc) is 3.41. The first kappa shape index (κ1) is 27.0. The molecule has 0 saturated carbocycles. The minimum absolute atomic E-state index is 0.196. The quantitative estimate of drug-likeness (QED) is 0.224. The number of rotatable bonds is 9. The van der Waals surface area contributed by atoms with Gasteiger partial charge in [0.1, 0.15) is 29.7 Å². The Morgan fingerprint density at radius 2 is 1.62 bits per heavy atom. The number of methoxy groups -OCH3 is 1. The number of nitrogens with one attached hydrogen (secondary N) is 1. The molecular formula is C32H28ClN3O4. The number of aromatic nitrogens is 2. The molecule has 8 heteroatoms. The molecule has 0 spiro atoms. The summed E-state index contributed by atoms with van der Waals surface area (Å²) >= 11 is 6.00. The van der Waals surface area contributed by atoms with Gasteiger partial charge in [-0.3, -0.25) is 4.79 Å². The van der Waals surface area contributed by atoms with Crippen LogP contribution in [0.4, 0.5) is 0 Å². The second kappa shape index (κ2) is 12.1. The van der Waals surface area contributed by atoms with Gasteiger partial charge < -0.3 is 19.2 Å². The van der Waals surface area contributed by atoms with Gasteiger partial charge in [-0.1, -0.05) is 65.7 Å². The van der Waals surface area contributed by atoms with Crippen LogP contribution in [0.5, 0.6) is 5.75 Å². The number of aryl methyl sites for hydroxylation is 1. The summed E-state index contributed by atoms with van der Waals surface area (Å²) in [7, 11) is 1.30. The zero-order valence-electron chi connectivity index (χ0n) is 22.1. The van der Waals surface area contributed by atoms with Crippen LogP contribution < -0.4 is 10.1 Å². The van der Waals surface area contributed by atoms with Crippen LogP contribution in [0.15, 0.2) is 97.3 Å². The number of hydrogen-bond acceptors (Lipinski definition) is 5. The molecule has 0 unspecified atom stereocenters. The van der Waals surface area contributed by atoms with Crippen molar-refractivity contribution in [2.45, 2.75) is 26.0 Å². The first-order chi connectivity index (χ1) is 19.4. The number of esters is 1. The van der Waals surface area contributed by atoms with E-state index in [0.717, 1.165) is 22.3 Å². The number of carbonyl (C=O) groups excluding carboxylic acids is 2. The van der Waals surface area contributed by atoms with Crippen LogP contribution in [-0.2, 0) is 22.6 Å². The Morgan fingerprint density at radius 1 is 0.925 bits per heavy atom. The van der Waals surface area contributed by atoms with Crippen molar-refractivity contribution in [2.24, 2.45) is 0 Å². The fourth-order valence-corrected chi connectivity index (χ4v) is 4.42. The van der Waals surface area contributed by atoms with Gasteiger partial charge in [-0.25, -0.2) is 9.78 Å². The predicted octanol–water partition coefficient (Wildman–Crippen LogP) is 6.06. The molecule has 0 aliphatic rings. The molecule has 1 atom stereocenters. The largest absolute Gasteiger partial charge is 0.489 e. The lowest BCUT2D eigenvalue weighted by molar-refractivity contribution is -0.142. The Bertz CT molecular complexity index is 1630. The molecule has 40 heavy (non-hydrogen) atoms. The van der Waals surface area contributed by atoms with Crippen LogP contribution >= 0.6 is 11.6 Å². The first-order valence-electron chi connectivity index (χ1n) is 12.8. The summed E-state index contributed by atoms with van der Waals surface area (Å²) in [5, 5.41) is 3.44. The number of halogens is 1. The molecule has 1 amide bonds. The molecule has 5 rings (SSSR count). The molecule has 3 aromatic carbocycles. The maximum absolute atomic E-state index is 13.1. The number of amides is 1. The van der Waals surface area contributed by atoms with Gasteiger partial charge in [-0.05, 0) is 65.6 Å². The molecule has 1 N–H and O–H groups in total. The molecule has 0 aliphatic heterocycles. The van der Waals surface area contributed by atoms with E-state index in [0.29, 0.717) is 23.0 Å². The lowest BCUT2D eigenvalue weighted by Gasteiger charge is -2.16. The van der Waals surface area contributed by atoms with Gasteiger partial charge in [0.25, 0.3) is 5.91 Å². The van der Waals surface area contributed by atoms with Gasteiger partial charge >= 0.3 is 5.97 Å². The number of carbonyl (C=O) groups is 2. The summed E-state index contributed by atoms with van der Waals surface area (Å²) in [5.41, 5.74) is 5.86. The Hall–Kier alpha value is -4.62. The lowest BCUT2D eigenvalue weighted by atomic mass is 10.1. The van der Waals surface area contributed by atoms with Crippen molar-refractivity contribution in [3.63, 3.8) is 0 Å². The number of imidazole rings is 1. The van der Waals surface area contributed by atoms with Crippen molar-refractivity contribution in [1.29, 1.82) is 0 Å². The number of pyridine rings is 1. The third-order valence-electron chi connectivity index (χ3n) is 6.55. The molecule has 2 aromatic heterocycles. The van der Waals surface area contributed by atoms with Crippen LogP contribution in [0.25, 0.3) is 16.8 Å². The highest BCUT2D eigenvalue weighted by Crippen LogP contribution is 2.23. The summed E-state index contributed by atoms with van der Waals surface area (Å²) < 4.78 is 12.6. The van der Waals surface area contributed by atoms with E-state index in [9.17, 15) is 9.59 Å². The molecule has 0 saturated heterocycles. The number of fused-ring (bicyclic) bond motifs is 1. The van der Waals surface area contributed by atoms with Crippen LogP contribution in [0, 0.1) is 6.92 Å². The SMILES string of the molecule is COC(=O)[C@H](Cc1ccc(OCc2ccc(C)cc2)cc1)NC(=O)c1cn2ccc(-c3ccc(Cl)cc3)cc2n1. The van der Waals surface area contributed by atoms with Gasteiger partial charge in [0.05, 0.1) is 7.11 Å². The van der Waals surface area contributed by atoms with E-state index in [1.807, 2.05) is 98.0 Å². The van der Waals surface area contributed by atoms with E-state index in [2.05, 4.69) is 10.3 Å². The summed E-state index contributed by atoms with van der Waals surface area (Å²) in [6, 6.07) is 26.0. The van der Waals surface area contributed by atoms with Gasteiger partial charge in [0, 0.05) is 23.8 Å². The van der Waals surface area contributed by atoms with E-state index in [1.54, 1.807) is 10.6 Å². The fourth-order valence-electron chi connectivity index (χ4n) is 4.29. The van der Waals surface area contributed by atoms with Crippen LogP contribution in [0.3, 0.4) is 0 Å². The zero-order valence-corrected chi connectivity index (χ0v) is 22.9. The molecular weight excluding hydrogens is 526 g/mol. The van der Waals surface area contributed by atoms with Crippen LogP contribution in [0.1, 0.15) is 27.2 Å². The zero-order chi connectivity index (χ0) is 28.1. The second-order valence-corrected chi connectivity index (χ2v) is 9.92. The highest BCUT2D eigenvalue weighted by molar-refractivity contribution is 6.30. The lowest BCUT2D eigenvalue weighted by Crippen LogP contribution is -2.43. The summed E-state index contributed by atoms with van der Waals surface area (Å²) in [4.78, 5) is 30.1. The van der Waals surface area contributed by atoms with Gasteiger partial charge in [0.15, 0.2) is 0 Å². The number of ether oxygens (including phenoxy) is 2. The van der Waals surface area contributed by atoms with Gasteiger partial charge in [-0.15, -0.1) is 0 Å². The van der Waals surface area contributed by atoms with Gasteiger partial charge in [0.2, 0.25) is 0 Å². The number of hydrogen-bond donors (Lipinski definition) is 1. The van der Waals surface area contributed by atoms with Crippen LogP contribution in [-0.4, -0.2) is 34.4 Å². The minimum atomic E-state index is -0.883. The maximum Gasteiger partial charge on any atom is 0.328 e. The highest BCUT2D eigenvalue weighted by Gasteiger charge is 2.24. The van der Waals surface area contributed by atoms with Crippen molar-refractivity contribution < 1.29 is 19.1 Å². The predicted molar refractivity (Wildman–Crippen MR) is 155 cm³/mol. The van der Waals surface area contributed by atoms with E-state index < -0.39 is 17.9 Å². The topological polar surface area (TPSA) is 81.9 Å². The van der Waals surface area contributed by atoms with E-state index in [1.165, 1.54) is 12.7 Å². The van der Waals surface area contributed by atoms with E-state index >= 15 is 0 Å². The number of benzene rings is 3. The molecule has 5 aromatic rings. The Labute approximate surface area is 237 Å². The van der Waals surface area contributed by atoms with Crippen molar-refractivity contribution >= 4 is 29.1 Å². The monoisotopic (exact) mass is 553 g/mol. The third kappa shape index (κ3) is 6.50. The molecule has 2 heterocycles. The van der Waals surface area contributed by atoms with E-state index in [4.69, 9.17) is 21.1 Å². The van der Waals surface area contributed by atoms with Crippen molar-refractivity contribution in [2.75, 3.05) is 7.11 Å². The minimum Gasteiger partial charge on any atom is -0.489 e. The standard InChI is InChI=1S/C32H28ClN3O4/c1-21-3-5-23(6-4-21)20-40-27-13-7-22(8-14-27)17-28(32(38)39-2)35-31(37)29-19-36-16-15-25(18-30(36)34-29)24-9-11-26(33)12-10-24/h3-16,18-19,28H,17,20H2,1-2H3,(H,35,37)/t28-/m0/s1. The normalized spacial score (nSPS) is 11.7. The summed E-state index contributed by atoms with van der Waals surface area (Å²) in [5.74, 6) is -0.294. The summed E-state index contributed by atoms with van der Waals surface area (Å²) in [6.45, 7) is 2.50. The van der Waals surface area contributed by atoms with E-state index in [-0.39, 0.29) is 12.1 Å². The second-order valence-electron chi connectivity index (χ2n) is 9.49. The van der Waals surface area contributed by atoms with Crippen molar-refractivity contribution in [1.82, 2.24) is 14.7 Å².